The molecule has 0 spiro atoms. The van der Waals surface area contributed by atoms with Crippen LogP contribution in [-0.2, 0) is 14.8 Å². The molecule has 9 heteroatoms. The Kier molecular flexibility index (Phi) is 7.63. The highest BCUT2D eigenvalue weighted by Crippen LogP contribution is 2.28. The number of hydrogen-bond donors (Lipinski definition) is 2. The molecule has 0 aliphatic heterocycles. The maximum atomic E-state index is 12.6. The minimum absolute atomic E-state index is 0.0131. The molecule has 1 atom stereocenters. The zero-order valence-corrected chi connectivity index (χ0v) is 18.9. The van der Waals surface area contributed by atoms with Crippen molar-refractivity contribution in [2.45, 2.75) is 56.1 Å². The molecule has 162 valence electrons. The fourth-order valence-electron chi connectivity index (χ4n) is 3.28. The Morgan fingerprint density at radius 2 is 1.73 bits per heavy atom. The van der Waals surface area contributed by atoms with E-state index in [1.807, 2.05) is 0 Å². The minimum atomic E-state index is -3.58. The van der Waals surface area contributed by atoms with E-state index in [-0.39, 0.29) is 10.9 Å². The summed E-state index contributed by atoms with van der Waals surface area (Å²) in [5, 5.41) is 3.48. The Bertz CT molecular complexity index is 991. The van der Waals surface area contributed by atoms with E-state index in [9.17, 15) is 13.2 Å². The van der Waals surface area contributed by atoms with Gasteiger partial charge >= 0.3 is 0 Å². The zero-order chi connectivity index (χ0) is 21.7. The van der Waals surface area contributed by atoms with Gasteiger partial charge in [0.1, 0.15) is 5.75 Å². The highest BCUT2D eigenvalue weighted by Gasteiger charge is 2.22. The number of nitrogens with one attached hydrogen (secondary N) is 2. The monoisotopic (exact) mass is 470 g/mol. The average Bonchev–Trinajstić information content (AvgIpc) is 2.71. The third-order valence-electron chi connectivity index (χ3n) is 4.93. The van der Waals surface area contributed by atoms with Gasteiger partial charge < -0.3 is 10.1 Å². The van der Waals surface area contributed by atoms with E-state index in [0.29, 0.717) is 21.5 Å². The summed E-state index contributed by atoms with van der Waals surface area (Å²) in [6.07, 6.45) is 4.14. The number of anilines is 1. The maximum Gasteiger partial charge on any atom is 0.265 e. The number of amides is 1. The SMILES string of the molecule is C[C@@H](Oc1ccc(Cl)cc1Cl)C(=O)Nc1ccc(S(=O)(=O)NC2CCCCC2)cc1. The van der Waals surface area contributed by atoms with E-state index in [2.05, 4.69) is 10.0 Å². The first-order chi connectivity index (χ1) is 14.2. The number of hydrogen-bond acceptors (Lipinski definition) is 4. The van der Waals surface area contributed by atoms with Crippen molar-refractivity contribution in [1.82, 2.24) is 4.72 Å². The van der Waals surface area contributed by atoms with E-state index in [1.165, 1.54) is 18.2 Å². The normalized spacial score (nSPS) is 16.1. The van der Waals surface area contributed by atoms with Crippen LogP contribution in [0.5, 0.6) is 5.75 Å². The number of rotatable bonds is 7. The Morgan fingerprint density at radius 3 is 2.37 bits per heavy atom. The van der Waals surface area contributed by atoms with E-state index in [1.54, 1.807) is 31.2 Å². The molecule has 3 rings (SSSR count). The highest BCUT2D eigenvalue weighted by atomic mass is 35.5. The van der Waals surface area contributed by atoms with Gasteiger partial charge in [-0.25, -0.2) is 13.1 Å². The fraction of sp³-hybridized carbons (Fsp3) is 0.381. The quantitative estimate of drug-likeness (QED) is 0.595. The van der Waals surface area contributed by atoms with E-state index < -0.39 is 22.0 Å². The second-order valence-corrected chi connectivity index (χ2v) is 9.86. The molecule has 0 bridgehead atoms. The van der Waals surface area contributed by atoms with Crippen LogP contribution in [0.4, 0.5) is 5.69 Å². The summed E-state index contributed by atoms with van der Waals surface area (Å²) in [4.78, 5) is 12.6. The van der Waals surface area contributed by atoms with E-state index in [4.69, 9.17) is 27.9 Å². The molecule has 0 radical (unpaired) electrons. The van der Waals surface area contributed by atoms with Gasteiger partial charge in [0.05, 0.1) is 9.92 Å². The topological polar surface area (TPSA) is 84.5 Å². The molecule has 2 N–H and O–H groups in total. The van der Waals surface area contributed by atoms with Gasteiger partial charge in [0, 0.05) is 16.8 Å². The number of halogens is 2. The molecule has 0 unspecified atom stereocenters. The van der Waals surface area contributed by atoms with Gasteiger partial charge in [-0.1, -0.05) is 42.5 Å². The third-order valence-corrected chi connectivity index (χ3v) is 6.99. The lowest BCUT2D eigenvalue weighted by Crippen LogP contribution is -2.36. The molecule has 0 heterocycles. The van der Waals surface area contributed by atoms with Crippen molar-refractivity contribution in [2.24, 2.45) is 0 Å². The molecule has 6 nitrogen and oxygen atoms in total. The average molecular weight is 471 g/mol. The van der Waals surface area contributed by atoms with Crippen molar-refractivity contribution in [3.8, 4) is 5.75 Å². The molecule has 1 saturated carbocycles. The van der Waals surface area contributed by atoms with Crippen LogP contribution in [-0.4, -0.2) is 26.5 Å². The maximum absolute atomic E-state index is 12.6. The van der Waals surface area contributed by atoms with Crippen molar-refractivity contribution < 1.29 is 17.9 Å². The first-order valence-electron chi connectivity index (χ1n) is 9.79. The number of carbonyl (C=O) groups is 1. The molecule has 0 aromatic heterocycles. The van der Waals surface area contributed by atoms with Gasteiger partial charge in [0.2, 0.25) is 10.0 Å². The Balaban J connectivity index is 1.59. The predicted molar refractivity (Wildman–Crippen MR) is 119 cm³/mol. The predicted octanol–water partition coefficient (Wildman–Crippen LogP) is 5.01. The molecule has 1 amide bonds. The number of sulfonamides is 1. The lowest BCUT2D eigenvalue weighted by Gasteiger charge is -2.22. The first-order valence-corrected chi connectivity index (χ1v) is 12.0. The van der Waals surface area contributed by atoms with Crippen LogP contribution < -0.4 is 14.8 Å². The van der Waals surface area contributed by atoms with Gasteiger partial charge in [0.15, 0.2) is 6.10 Å². The van der Waals surface area contributed by atoms with Crippen LogP contribution in [0.1, 0.15) is 39.0 Å². The third kappa shape index (κ3) is 6.11. The zero-order valence-electron chi connectivity index (χ0n) is 16.5. The first kappa shape index (κ1) is 22.9. The number of ether oxygens (including phenoxy) is 1. The van der Waals surface area contributed by atoms with Crippen LogP contribution in [0.2, 0.25) is 10.0 Å². The Hall–Kier alpha value is -1.80. The Labute approximate surface area is 187 Å². The summed E-state index contributed by atoms with van der Waals surface area (Å²) in [5.41, 5.74) is 0.467. The van der Waals surface area contributed by atoms with Gasteiger partial charge in [-0.3, -0.25) is 4.79 Å². The van der Waals surface area contributed by atoms with Crippen molar-refractivity contribution in [1.29, 1.82) is 0 Å². The minimum Gasteiger partial charge on any atom is -0.479 e. The summed E-state index contributed by atoms with van der Waals surface area (Å²) < 4.78 is 33.5. The molecular weight excluding hydrogens is 447 g/mol. The molecule has 1 aliphatic rings. The number of carbonyl (C=O) groups excluding carboxylic acids is 1. The lowest BCUT2D eigenvalue weighted by molar-refractivity contribution is -0.122. The highest BCUT2D eigenvalue weighted by molar-refractivity contribution is 7.89. The second kappa shape index (κ2) is 10.0. The molecule has 0 saturated heterocycles. The van der Waals surface area contributed by atoms with E-state index >= 15 is 0 Å². The van der Waals surface area contributed by atoms with Gasteiger partial charge in [-0.15, -0.1) is 0 Å². The van der Waals surface area contributed by atoms with E-state index in [0.717, 1.165) is 32.1 Å². The van der Waals surface area contributed by atoms with Crippen molar-refractivity contribution in [2.75, 3.05) is 5.32 Å². The van der Waals surface area contributed by atoms with Gasteiger partial charge in [-0.2, -0.15) is 0 Å². The van der Waals surface area contributed by atoms with Crippen LogP contribution in [0, 0.1) is 0 Å². The summed E-state index contributed by atoms with van der Waals surface area (Å²) in [5.74, 6) is -0.0455. The molecule has 2 aromatic carbocycles. The van der Waals surface area contributed by atoms with Crippen LogP contribution in [0.15, 0.2) is 47.4 Å². The second-order valence-electron chi connectivity index (χ2n) is 7.30. The van der Waals surface area contributed by atoms with Crippen molar-refractivity contribution in [3.63, 3.8) is 0 Å². The molecule has 1 fully saturated rings. The summed E-state index contributed by atoms with van der Waals surface area (Å²) in [7, 11) is -3.58. The fourth-order valence-corrected chi connectivity index (χ4v) is 5.04. The standard InChI is InChI=1S/C21H24Cl2N2O4S/c1-14(29-20-12-7-15(22)13-19(20)23)21(26)24-16-8-10-18(11-9-16)30(27,28)25-17-5-3-2-4-6-17/h7-14,17,25H,2-6H2,1H3,(H,24,26)/t14-/m1/s1. The van der Waals surface area contributed by atoms with Gasteiger partial charge in [0.25, 0.3) is 5.91 Å². The van der Waals surface area contributed by atoms with Crippen LogP contribution >= 0.6 is 23.2 Å². The molecule has 30 heavy (non-hydrogen) atoms. The summed E-state index contributed by atoms with van der Waals surface area (Å²) in [6.45, 7) is 1.59. The molecule has 2 aromatic rings. The summed E-state index contributed by atoms with van der Waals surface area (Å²) >= 11 is 11.9. The van der Waals surface area contributed by atoms with Crippen molar-refractivity contribution in [3.05, 3.63) is 52.5 Å². The largest absolute Gasteiger partial charge is 0.479 e. The number of benzene rings is 2. The van der Waals surface area contributed by atoms with Crippen LogP contribution in [0.25, 0.3) is 0 Å². The molecule has 1 aliphatic carbocycles. The van der Waals surface area contributed by atoms with Crippen LogP contribution in [0.3, 0.4) is 0 Å². The summed E-state index contributed by atoms with van der Waals surface area (Å²) in [6, 6.07) is 10.8. The lowest BCUT2D eigenvalue weighted by atomic mass is 9.96. The van der Waals surface area contributed by atoms with Crippen molar-refractivity contribution >= 4 is 44.8 Å². The Morgan fingerprint density at radius 1 is 1.07 bits per heavy atom. The van der Waals surface area contributed by atoms with Gasteiger partial charge in [-0.05, 0) is 62.2 Å². The molecular formula is C21H24Cl2N2O4S. The smallest absolute Gasteiger partial charge is 0.265 e.